The molecule has 5 heteroatoms. The van der Waals surface area contributed by atoms with Crippen LogP contribution in [0.1, 0.15) is 22.3 Å². The number of benzene rings is 1. The van der Waals surface area contributed by atoms with Gasteiger partial charge in [0.15, 0.2) is 0 Å². The number of hydrogen-bond donors (Lipinski definition) is 2. The van der Waals surface area contributed by atoms with Gasteiger partial charge in [-0.3, -0.25) is 4.79 Å². The van der Waals surface area contributed by atoms with E-state index in [1.54, 1.807) is 12.1 Å². The van der Waals surface area contributed by atoms with Crippen molar-refractivity contribution in [3.63, 3.8) is 0 Å². The summed E-state index contributed by atoms with van der Waals surface area (Å²) in [4.78, 5) is 12.1. The fourth-order valence-electron chi connectivity index (χ4n) is 1.89. The normalized spacial score (nSPS) is 17.7. The number of aliphatic hydroxyl groups excluding tert-OH is 1. The minimum Gasteiger partial charge on any atom is -0.395 e. The Morgan fingerprint density at radius 2 is 2.14 bits per heavy atom. The molecule has 1 amide bonds. The van der Waals surface area contributed by atoms with E-state index in [2.05, 4.69) is 17.2 Å². The number of carbonyl (C=O) groups is 1. The molecule has 0 saturated carbocycles. The van der Waals surface area contributed by atoms with E-state index in [0.717, 1.165) is 17.9 Å². The van der Waals surface area contributed by atoms with E-state index in [4.69, 9.17) is 5.11 Å². The summed E-state index contributed by atoms with van der Waals surface area (Å²) in [6, 6.07) is 7.26. The van der Waals surface area contributed by atoms with Crippen molar-refractivity contribution in [1.29, 1.82) is 0 Å². The molecule has 1 heterocycles. The number of nitrogens with one attached hydrogen (secondary N) is 1. The second kappa shape index (κ2) is 9.04. The summed E-state index contributed by atoms with van der Waals surface area (Å²) in [5.74, 6) is 9.29. The van der Waals surface area contributed by atoms with Gasteiger partial charge in [-0.25, -0.2) is 0 Å². The molecule has 1 saturated heterocycles. The molecule has 2 N–H and O–H groups in total. The van der Waals surface area contributed by atoms with Crippen molar-refractivity contribution in [3.05, 3.63) is 35.4 Å². The lowest BCUT2D eigenvalue weighted by Gasteiger charge is -2.21. The van der Waals surface area contributed by atoms with Crippen molar-refractivity contribution >= 4 is 29.4 Å². The predicted molar refractivity (Wildman–Crippen MR) is 90.9 cm³/mol. The number of thioether (sulfide) groups is 2. The molecule has 1 aromatic carbocycles. The van der Waals surface area contributed by atoms with Crippen molar-refractivity contribution in [2.45, 2.75) is 11.7 Å². The topological polar surface area (TPSA) is 49.3 Å². The highest BCUT2D eigenvalue weighted by atomic mass is 32.2. The summed E-state index contributed by atoms with van der Waals surface area (Å²) in [6.45, 7) is 0.805. The van der Waals surface area contributed by atoms with Crippen LogP contribution in [0.2, 0.25) is 0 Å². The molecule has 2 rings (SSSR count). The van der Waals surface area contributed by atoms with Gasteiger partial charge in [-0.2, -0.15) is 23.5 Å². The van der Waals surface area contributed by atoms with Gasteiger partial charge in [0.05, 0.1) is 6.61 Å². The minimum atomic E-state index is -0.0268. The summed E-state index contributed by atoms with van der Waals surface area (Å²) in [5, 5.41) is 12.2. The Morgan fingerprint density at radius 3 is 2.81 bits per heavy atom. The van der Waals surface area contributed by atoms with Crippen LogP contribution in [0.3, 0.4) is 0 Å². The zero-order chi connectivity index (χ0) is 14.9. The first-order valence-electron chi connectivity index (χ1n) is 6.97. The Hall–Kier alpha value is -1.09. The standard InChI is InChI=1S/C16H19NO2S2/c18-8-2-1-3-13-4-6-14(7-5-13)16(19)17-11-15-12-20-9-10-21-15/h4-7,15,18H,2,8-12H2,(H,17,19). The van der Waals surface area contributed by atoms with Crippen LogP contribution >= 0.6 is 23.5 Å². The molecule has 1 aliphatic heterocycles. The zero-order valence-corrected chi connectivity index (χ0v) is 13.4. The van der Waals surface area contributed by atoms with Gasteiger partial charge in [0.1, 0.15) is 0 Å². The van der Waals surface area contributed by atoms with Crippen molar-refractivity contribution < 1.29 is 9.90 Å². The molecule has 21 heavy (non-hydrogen) atoms. The van der Waals surface area contributed by atoms with E-state index in [0.29, 0.717) is 17.2 Å². The molecule has 112 valence electrons. The molecule has 0 aromatic heterocycles. The van der Waals surface area contributed by atoms with Gasteiger partial charge in [-0.15, -0.1) is 0 Å². The predicted octanol–water partition coefficient (Wildman–Crippen LogP) is 2.00. The Kier molecular flexibility index (Phi) is 7.01. The van der Waals surface area contributed by atoms with Gasteiger partial charge < -0.3 is 10.4 Å². The van der Waals surface area contributed by atoms with Gasteiger partial charge in [0, 0.05) is 46.6 Å². The number of rotatable bonds is 4. The summed E-state index contributed by atoms with van der Waals surface area (Å²) in [6.07, 6.45) is 0.472. The van der Waals surface area contributed by atoms with E-state index in [-0.39, 0.29) is 12.5 Å². The van der Waals surface area contributed by atoms with Crippen LogP contribution < -0.4 is 5.32 Å². The molecule has 3 nitrogen and oxygen atoms in total. The molecule has 0 radical (unpaired) electrons. The maximum absolute atomic E-state index is 12.1. The second-order valence-electron chi connectivity index (χ2n) is 4.63. The van der Waals surface area contributed by atoms with Gasteiger partial charge in [-0.05, 0) is 24.3 Å². The van der Waals surface area contributed by atoms with Crippen molar-refractivity contribution in [2.24, 2.45) is 0 Å². The summed E-state index contributed by atoms with van der Waals surface area (Å²) in [5.41, 5.74) is 1.52. The van der Waals surface area contributed by atoms with E-state index >= 15 is 0 Å². The largest absolute Gasteiger partial charge is 0.395 e. The van der Waals surface area contributed by atoms with Crippen LogP contribution in [0, 0.1) is 11.8 Å². The highest BCUT2D eigenvalue weighted by molar-refractivity contribution is 8.06. The lowest BCUT2D eigenvalue weighted by molar-refractivity contribution is 0.0954. The first kappa shape index (κ1) is 16.3. The first-order chi connectivity index (χ1) is 10.3. The maximum Gasteiger partial charge on any atom is 0.251 e. The van der Waals surface area contributed by atoms with Crippen LogP contribution in [-0.2, 0) is 0 Å². The molecule has 1 atom stereocenters. The average Bonchev–Trinajstić information content (AvgIpc) is 2.54. The SMILES string of the molecule is O=C(NCC1CSCCS1)c1ccc(C#CCCO)cc1. The van der Waals surface area contributed by atoms with E-state index in [1.807, 2.05) is 35.7 Å². The fraction of sp³-hybridized carbons (Fsp3) is 0.438. The number of hydrogen-bond acceptors (Lipinski definition) is 4. The van der Waals surface area contributed by atoms with Crippen molar-refractivity contribution in [2.75, 3.05) is 30.4 Å². The van der Waals surface area contributed by atoms with Crippen molar-refractivity contribution in [3.8, 4) is 11.8 Å². The Bertz CT molecular complexity index is 513. The molecular weight excluding hydrogens is 302 g/mol. The quantitative estimate of drug-likeness (QED) is 0.833. The molecule has 0 bridgehead atoms. The van der Waals surface area contributed by atoms with Gasteiger partial charge in [-0.1, -0.05) is 11.8 Å². The third kappa shape index (κ3) is 5.66. The van der Waals surface area contributed by atoms with Crippen LogP contribution in [0.4, 0.5) is 0 Å². The van der Waals surface area contributed by atoms with Crippen LogP contribution in [-0.4, -0.2) is 46.7 Å². The average molecular weight is 321 g/mol. The Morgan fingerprint density at radius 1 is 1.33 bits per heavy atom. The Labute approximate surface area is 134 Å². The summed E-state index contributed by atoms with van der Waals surface area (Å²) >= 11 is 3.90. The fourth-order valence-corrected chi connectivity index (χ4v) is 4.50. The number of amides is 1. The molecule has 1 fully saturated rings. The van der Waals surface area contributed by atoms with E-state index < -0.39 is 0 Å². The number of carbonyl (C=O) groups excluding carboxylic acids is 1. The molecular formula is C16H19NO2S2. The molecule has 1 aromatic rings. The second-order valence-corrected chi connectivity index (χ2v) is 7.19. The first-order valence-corrected chi connectivity index (χ1v) is 9.17. The zero-order valence-electron chi connectivity index (χ0n) is 11.8. The highest BCUT2D eigenvalue weighted by Crippen LogP contribution is 2.23. The lowest BCUT2D eigenvalue weighted by atomic mass is 10.1. The molecule has 0 aliphatic carbocycles. The molecule has 1 aliphatic rings. The third-order valence-electron chi connectivity index (χ3n) is 2.99. The monoisotopic (exact) mass is 321 g/mol. The lowest BCUT2D eigenvalue weighted by Crippen LogP contribution is -2.33. The van der Waals surface area contributed by atoms with E-state index in [1.165, 1.54) is 11.5 Å². The number of aliphatic hydroxyl groups is 1. The van der Waals surface area contributed by atoms with Crippen LogP contribution in [0.5, 0.6) is 0 Å². The summed E-state index contributed by atoms with van der Waals surface area (Å²) in [7, 11) is 0. The Balaban J connectivity index is 1.83. The van der Waals surface area contributed by atoms with Gasteiger partial charge >= 0.3 is 0 Å². The van der Waals surface area contributed by atoms with Crippen molar-refractivity contribution in [1.82, 2.24) is 5.32 Å². The van der Waals surface area contributed by atoms with Crippen LogP contribution in [0.15, 0.2) is 24.3 Å². The van der Waals surface area contributed by atoms with E-state index in [9.17, 15) is 4.79 Å². The van der Waals surface area contributed by atoms with Crippen LogP contribution in [0.25, 0.3) is 0 Å². The van der Waals surface area contributed by atoms with Gasteiger partial charge in [0.2, 0.25) is 0 Å². The minimum absolute atomic E-state index is 0.0268. The molecule has 1 unspecified atom stereocenters. The van der Waals surface area contributed by atoms with Gasteiger partial charge in [0.25, 0.3) is 5.91 Å². The smallest absolute Gasteiger partial charge is 0.251 e. The highest BCUT2D eigenvalue weighted by Gasteiger charge is 2.15. The summed E-state index contributed by atoms with van der Waals surface area (Å²) < 4.78 is 0. The molecule has 0 spiro atoms. The third-order valence-corrected chi connectivity index (χ3v) is 5.84. The maximum atomic E-state index is 12.1.